The van der Waals surface area contributed by atoms with Crippen LogP contribution < -0.4 is 0 Å². The second-order valence-electron chi connectivity index (χ2n) is 9.69. The summed E-state index contributed by atoms with van der Waals surface area (Å²) in [5, 5.41) is 0. The number of piperidine rings is 2. The molecule has 5 rings (SSSR count). The lowest BCUT2D eigenvalue weighted by Crippen LogP contribution is -2.57. The Morgan fingerprint density at radius 1 is 0.875 bits per heavy atom. The fourth-order valence-corrected chi connectivity index (χ4v) is 6.26. The summed E-state index contributed by atoms with van der Waals surface area (Å²) >= 11 is 0. The molecule has 32 heavy (non-hydrogen) atoms. The Labute approximate surface area is 190 Å². The number of hydrogen-bond acceptors (Lipinski definition) is 3. The third-order valence-electron chi connectivity index (χ3n) is 7.82. The summed E-state index contributed by atoms with van der Waals surface area (Å²) in [7, 11) is 0. The molecule has 168 valence electrons. The maximum absolute atomic E-state index is 14.0. The Hall–Kier alpha value is -2.69. The van der Waals surface area contributed by atoms with Gasteiger partial charge in [0.05, 0.1) is 5.92 Å². The number of hydrogen-bond donors (Lipinski definition) is 0. The van der Waals surface area contributed by atoms with E-state index in [9.17, 15) is 9.59 Å². The van der Waals surface area contributed by atoms with Gasteiger partial charge in [-0.05, 0) is 61.6 Å². The molecule has 5 heteroatoms. The molecule has 0 bridgehead atoms. The van der Waals surface area contributed by atoms with Crippen LogP contribution in [0.2, 0.25) is 0 Å². The number of rotatable bonds is 4. The molecule has 3 heterocycles. The average molecular weight is 432 g/mol. The number of aromatic nitrogens is 1. The molecule has 1 aliphatic carbocycles. The zero-order valence-electron chi connectivity index (χ0n) is 18.7. The summed E-state index contributed by atoms with van der Waals surface area (Å²) in [5.74, 6) is 1.12. The third-order valence-corrected chi connectivity index (χ3v) is 7.82. The predicted molar refractivity (Wildman–Crippen MR) is 124 cm³/mol. The van der Waals surface area contributed by atoms with E-state index in [1.807, 2.05) is 23.1 Å². The summed E-state index contributed by atoms with van der Waals surface area (Å²) in [6.07, 6.45) is 9.41. The van der Waals surface area contributed by atoms with Gasteiger partial charge in [0, 0.05) is 31.9 Å². The largest absolute Gasteiger partial charge is 0.339 e. The van der Waals surface area contributed by atoms with Crippen molar-refractivity contribution in [3.05, 3.63) is 66.0 Å². The van der Waals surface area contributed by atoms with E-state index in [0.29, 0.717) is 30.0 Å². The SMILES string of the molecule is O=C(c1ccccn1)N1CC[C@H]2[C@H](CCCN2C(=O)[C@H](c2ccccc2)C2CCCC2)C1. The van der Waals surface area contributed by atoms with E-state index in [1.165, 1.54) is 18.4 Å². The molecule has 5 nitrogen and oxygen atoms in total. The van der Waals surface area contributed by atoms with Crippen LogP contribution in [-0.2, 0) is 4.79 Å². The minimum absolute atomic E-state index is 0.0145. The maximum Gasteiger partial charge on any atom is 0.272 e. The molecule has 3 atom stereocenters. The molecule has 2 saturated heterocycles. The van der Waals surface area contributed by atoms with Crippen LogP contribution in [0.4, 0.5) is 0 Å². The van der Waals surface area contributed by atoms with Crippen molar-refractivity contribution in [2.75, 3.05) is 19.6 Å². The topological polar surface area (TPSA) is 53.5 Å². The number of carbonyl (C=O) groups excluding carboxylic acids is 2. The fourth-order valence-electron chi connectivity index (χ4n) is 6.26. The van der Waals surface area contributed by atoms with Gasteiger partial charge in [0.2, 0.25) is 5.91 Å². The second-order valence-corrected chi connectivity index (χ2v) is 9.69. The van der Waals surface area contributed by atoms with Crippen molar-refractivity contribution in [1.82, 2.24) is 14.8 Å². The van der Waals surface area contributed by atoms with Gasteiger partial charge in [-0.15, -0.1) is 0 Å². The molecule has 0 N–H and O–H groups in total. The Balaban J connectivity index is 1.33. The third kappa shape index (κ3) is 4.17. The first-order chi connectivity index (χ1) is 15.7. The van der Waals surface area contributed by atoms with E-state index in [-0.39, 0.29) is 17.9 Å². The van der Waals surface area contributed by atoms with Crippen LogP contribution in [0.1, 0.15) is 66.9 Å². The van der Waals surface area contributed by atoms with Gasteiger partial charge in [-0.25, -0.2) is 0 Å². The number of benzene rings is 1. The zero-order valence-corrected chi connectivity index (χ0v) is 18.7. The Kier molecular flexibility index (Phi) is 6.24. The zero-order chi connectivity index (χ0) is 21.9. The van der Waals surface area contributed by atoms with Crippen LogP contribution in [0.25, 0.3) is 0 Å². The first-order valence-corrected chi connectivity index (χ1v) is 12.3. The highest BCUT2D eigenvalue weighted by Gasteiger charge is 2.43. The summed E-state index contributed by atoms with van der Waals surface area (Å²) in [6.45, 7) is 2.27. The van der Waals surface area contributed by atoms with Crippen molar-refractivity contribution in [1.29, 1.82) is 0 Å². The van der Waals surface area contributed by atoms with Crippen LogP contribution in [0.15, 0.2) is 54.7 Å². The van der Waals surface area contributed by atoms with Gasteiger partial charge < -0.3 is 9.80 Å². The van der Waals surface area contributed by atoms with E-state index in [4.69, 9.17) is 0 Å². The number of likely N-dealkylation sites (tertiary alicyclic amines) is 2. The maximum atomic E-state index is 14.0. The highest BCUT2D eigenvalue weighted by Crippen LogP contribution is 2.41. The normalized spacial score (nSPS) is 24.8. The summed E-state index contributed by atoms with van der Waals surface area (Å²) < 4.78 is 0. The molecule has 3 fully saturated rings. The van der Waals surface area contributed by atoms with E-state index in [0.717, 1.165) is 45.2 Å². The number of pyridine rings is 1. The molecule has 2 aliphatic heterocycles. The quantitative estimate of drug-likeness (QED) is 0.716. The molecular formula is C27H33N3O2. The van der Waals surface area contributed by atoms with Crippen molar-refractivity contribution in [2.24, 2.45) is 11.8 Å². The van der Waals surface area contributed by atoms with Crippen molar-refractivity contribution in [2.45, 2.75) is 56.9 Å². The van der Waals surface area contributed by atoms with E-state index in [1.54, 1.807) is 12.3 Å². The van der Waals surface area contributed by atoms with Crippen LogP contribution in [0.3, 0.4) is 0 Å². The molecule has 2 aromatic rings. The van der Waals surface area contributed by atoms with E-state index in [2.05, 4.69) is 34.1 Å². The van der Waals surface area contributed by atoms with Gasteiger partial charge in [-0.2, -0.15) is 0 Å². The monoisotopic (exact) mass is 431 g/mol. The Morgan fingerprint density at radius 2 is 1.66 bits per heavy atom. The Bertz CT molecular complexity index is 926. The number of fused-ring (bicyclic) bond motifs is 1. The molecule has 1 aromatic heterocycles. The number of nitrogens with zero attached hydrogens (tertiary/aromatic N) is 3. The molecule has 2 amide bonds. The van der Waals surface area contributed by atoms with E-state index < -0.39 is 0 Å². The lowest BCUT2D eigenvalue weighted by molar-refractivity contribution is -0.141. The highest BCUT2D eigenvalue weighted by atomic mass is 16.2. The summed E-state index contributed by atoms with van der Waals surface area (Å²) in [5.41, 5.74) is 1.69. The van der Waals surface area contributed by atoms with Crippen molar-refractivity contribution in [3.8, 4) is 0 Å². The van der Waals surface area contributed by atoms with Crippen molar-refractivity contribution >= 4 is 11.8 Å². The minimum atomic E-state index is -0.0226. The van der Waals surface area contributed by atoms with Crippen molar-refractivity contribution < 1.29 is 9.59 Å². The van der Waals surface area contributed by atoms with E-state index >= 15 is 0 Å². The number of carbonyl (C=O) groups is 2. The molecule has 0 spiro atoms. The second kappa shape index (κ2) is 9.43. The lowest BCUT2D eigenvalue weighted by atomic mass is 9.79. The van der Waals surface area contributed by atoms with Crippen LogP contribution in [-0.4, -0.2) is 52.3 Å². The first kappa shape index (κ1) is 21.2. The van der Waals surface area contributed by atoms with Gasteiger partial charge in [0.25, 0.3) is 5.91 Å². The number of amides is 2. The van der Waals surface area contributed by atoms with Crippen LogP contribution in [0.5, 0.6) is 0 Å². The van der Waals surface area contributed by atoms with Gasteiger partial charge in [-0.3, -0.25) is 14.6 Å². The molecule has 3 aliphatic rings. The van der Waals surface area contributed by atoms with Gasteiger partial charge in [-0.1, -0.05) is 49.2 Å². The molecule has 0 radical (unpaired) electrons. The molecule has 1 aromatic carbocycles. The Morgan fingerprint density at radius 3 is 2.41 bits per heavy atom. The van der Waals surface area contributed by atoms with Gasteiger partial charge in [0.1, 0.15) is 5.69 Å². The lowest BCUT2D eigenvalue weighted by Gasteiger charge is -2.48. The van der Waals surface area contributed by atoms with Crippen LogP contribution >= 0.6 is 0 Å². The fraction of sp³-hybridized carbons (Fsp3) is 0.519. The standard InChI is InChI=1S/C27H33N3O2/c31-26(23-14-6-7-16-28-23)29-18-15-24-22(19-29)13-8-17-30(24)27(32)25(21-11-4-5-12-21)20-9-2-1-3-10-20/h1-3,6-7,9-10,14,16,21-22,24-25H,4-5,8,11-13,15,17-19H2/t22-,24+,25-/m1/s1. The van der Waals surface area contributed by atoms with Crippen LogP contribution in [0, 0.1) is 11.8 Å². The predicted octanol–water partition coefficient (Wildman–Crippen LogP) is 4.51. The molecular weight excluding hydrogens is 398 g/mol. The smallest absolute Gasteiger partial charge is 0.272 e. The summed E-state index contributed by atoms with van der Waals surface area (Å²) in [6, 6.07) is 16.2. The molecule has 0 unspecified atom stereocenters. The minimum Gasteiger partial charge on any atom is -0.339 e. The highest BCUT2D eigenvalue weighted by molar-refractivity contribution is 5.92. The molecule has 1 saturated carbocycles. The first-order valence-electron chi connectivity index (χ1n) is 12.3. The summed E-state index contributed by atoms with van der Waals surface area (Å²) in [4.78, 5) is 35.3. The van der Waals surface area contributed by atoms with Crippen molar-refractivity contribution in [3.63, 3.8) is 0 Å². The average Bonchev–Trinajstić information content (AvgIpc) is 3.38. The van der Waals surface area contributed by atoms with Gasteiger partial charge >= 0.3 is 0 Å². The van der Waals surface area contributed by atoms with Gasteiger partial charge in [0.15, 0.2) is 0 Å².